The van der Waals surface area contributed by atoms with Gasteiger partial charge in [-0.1, -0.05) is 29.3 Å². The van der Waals surface area contributed by atoms with Gasteiger partial charge in [0, 0.05) is 10.6 Å². The Kier molecular flexibility index (Phi) is 4.00. The van der Waals surface area contributed by atoms with E-state index in [9.17, 15) is 9.50 Å². The highest BCUT2D eigenvalue weighted by Crippen LogP contribution is 2.39. The molecule has 0 aromatic heterocycles. The number of allylic oxidation sites excluding steroid dienone is 1. The van der Waals surface area contributed by atoms with Crippen molar-refractivity contribution in [1.29, 1.82) is 0 Å². The van der Waals surface area contributed by atoms with Crippen LogP contribution in [0.5, 0.6) is 0 Å². The first-order valence-corrected chi connectivity index (χ1v) is 6.75. The third-order valence-electron chi connectivity index (χ3n) is 3.45. The van der Waals surface area contributed by atoms with E-state index in [0.717, 1.165) is 31.3 Å². The molecule has 98 valence electrons. The summed E-state index contributed by atoms with van der Waals surface area (Å²) in [6, 6.07) is 2.56. The van der Waals surface area contributed by atoms with Crippen molar-refractivity contribution in [2.45, 2.75) is 38.2 Å². The fourth-order valence-corrected chi connectivity index (χ4v) is 2.92. The Labute approximate surface area is 116 Å². The molecule has 1 aliphatic carbocycles. The van der Waals surface area contributed by atoms with Crippen LogP contribution in [0.3, 0.4) is 0 Å². The van der Waals surface area contributed by atoms with Gasteiger partial charge in [-0.15, -0.1) is 0 Å². The molecule has 0 spiro atoms. The van der Waals surface area contributed by atoms with Crippen molar-refractivity contribution in [2.24, 2.45) is 0 Å². The number of aliphatic hydroxyl groups is 1. The standard InChI is InChI=1S/C14H15Cl2FO/c1-14(18,9-5-3-2-4-6-9)10-7-13(17)12(16)8-11(10)15/h5,7-8,18H,2-4,6H2,1H3. The van der Waals surface area contributed by atoms with E-state index in [0.29, 0.717) is 5.56 Å². The van der Waals surface area contributed by atoms with E-state index < -0.39 is 11.4 Å². The Bertz CT molecular complexity index is 495. The van der Waals surface area contributed by atoms with Crippen LogP contribution in [0.25, 0.3) is 0 Å². The van der Waals surface area contributed by atoms with Gasteiger partial charge < -0.3 is 5.11 Å². The summed E-state index contributed by atoms with van der Waals surface area (Å²) in [6.45, 7) is 1.65. The van der Waals surface area contributed by atoms with E-state index in [1.807, 2.05) is 6.08 Å². The van der Waals surface area contributed by atoms with Crippen LogP contribution in [-0.2, 0) is 5.60 Å². The summed E-state index contributed by atoms with van der Waals surface area (Å²) in [5, 5.41) is 10.9. The lowest BCUT2D eigenvalue weighted by Crippen LogP contribution is -2.26. The van der Waals surface area contributed by atoms with Crippen LogP contribution in [0.4, 0.5) is 4.39 Å². The van der Waals surface area contributed by atoms with E-state index in [4.69, 9.17) is 23.2 Å². The van der Waals surface area contributed by atoms with Crippen LogP contribution in [-0.4, -0.2) is 5.11 Å². The molecule has 1 aliphatic rings. The molecule has 1 N–H and O–H groups in total. The van der Waals surface area contributed by atoms with E-state index in [2.05, 4.69) is 0 Å². The molecule has 0 bridgehead atoms. The van der Waals surface area contributed by atoms with Gasteiger partial charge in [0.1, 0.15) is 11.4 Å². The molecular formula is C14H15Cl2FO. The van der Waals surface area contributed by atoms with Crippen molar-refractivity contribution in [1.82, 2.24) is 0 Å². The first kappa shape index (κ1) is 13.9. The molecule has 1 unspecified atom stereocenters. The van der Waals surface area contributed by atoms with Gasteiger partial charge in [-0.3, -0.25) is 0 Å². The van der Waals surface area contributed by atoms with E-state index >= 15 is 0 Å². The molecule has 0 aliphatic heterocycles. The molecule has 0 heterocycles. The van der Waals surface area contributed by atoms with Crippen LogP contribution in [0.1, 0.15) is 38.2 Å². The van der Waals surface area contributed by atoms with Crippen molar-refractivity contribution >= 4 is 23.2 Å². The third-order valence-corrected chi connectivity index (χ3v) is 4.05. The molecule has 1 atom stereocenters. The van der Waals surface area contributed by atoms with Gasteiger partial charge in [0.2, 0.25) is 0 Å². The molecule has 0 saturated heterocycles. The molecule has 0 amide bonds. The van der Waals surface area contributed by atoms with Crippen LogP contribution >= 0.6 is 23.2 Å². The summed E-state index contributed by atoms with van der Waals surface area (Å²) in [4.78, 5) is 0. The summed E-state index contributed by atoms with van der Waals surface area (Å²) in [6.07, 6.45) is 5.94. The molecule has 1 nitrogen and oxygen atoms in total. The van der Waals surface area contributed by atoms with Crippen molar-refractivity contribution in [3.8, 4) is 0 Å². The molecule has 0 radical (unpaired) electrons. The summed E-state index contributed by atoms with van der Waals surface area (Å²) in [7, 11) is 0. The SMILES string of the molecule is CC(O)(C1=CCCCC1)c1cc(F)c(Cl)cc1Cl. The second kappa shape index (κ2) is 5.20. The Morgan fingerprint density at radius 3 is 2.56 bits per heavy atom. The first-order valence-electron chi connectivity index (χ1n) is 6.00. The molecule has 0 fully saturated rings. The Morgan fingerprint density at radius 2 is 1.94 bits per heavy atom. The zero-order valence-corrected chi connectivity index (χ0v) is 11.7. The van der Waals surface area contributed by atoms with Crippen molar-refractivity contribution in [2.75, 3.05) is 0 Å². The maximum atomic E-state index is 13.5. The lowest BCUT2D eigenvalue weighted by atomic mass is 9.82. The Balaban J connectivity index is 2.46. The third kappa shape index (κ3) is 2.56. The largest absolute Gasteiger partial charge is 0.381 e. The second-order valence-electron chi connectivity index (χ2n) is 4.79. The highest BCUT2D eigenvalue weighted by atomic mass is 35.5. The van der Waals surface area contributed by atoms with Gasteiger partial charge in [-0.05, 0) is 50.3 Å². The average Bonchev–Trinajstić information content (AvgIpc) is 2.34. The van der Waals surface area contributed by atoms with Crippen molar-refractivity contribution in [3.63, 3.8) is 0 Å². The average molecular weight is 289 g/mol. The van der Waals surface area contributed by atoms with Gasteiger partial charge in [0.15, 0.2) is 0 Å². The minimum Gasteiger partial charge on any atom is -0.381 e. The molecule has 18 heavy (non-hydrogen) atoms. The van der Waals surface area contributed by atoms with Crippen LogP contribution in [0.15, 0.2) is 23.8 Å². The summed E-state index contributed by atoms with van der Waals surface area (Å²) >= 11 is 11.7. The predicted molar refractivity (Wildman–Crippen MR) is 72.5 cm³/mol. The molecule has 0 saturated carbocycles. The lowest BCUT2D eigenvalue weighted by molar-refractivity contribution is 0.0912. The zero-order chi connectivity index (χ0) is 13.3. The number of rotatable bonds is 2. The highest BCUT2D eigenvalue weighted by molar-refractivity contribution is 6.35. The summed E-state index contributed by atoms with van der Waals surface area (Å²) < 4.78 is 13.5. The summed E-state index contributed by atoms with van der Waals surface area (Å²) in [5.74, 6) is -0.562. The van der Waals surface area contributed by atoms with E-state index in [1.54, 1.807) is 6.92 Å². The minimum absolute atomic E-state index is 0.0304. The fraction of sp³-hybridized carbons (Fsp3) is 0.429. The summed E-state index contributed by atoms with van der Waals surface area (Å²) in [5.41, 5.74) is 0.0414. The molecule has 2 rings (SSSR count). The molecule has 1 aromatic carbocycles. The predicted octanol–water partition coefficient (Wildman–Crippen LogP) is 4.84. The van der Waals surface area contributed by atoms with E-state index in [1.165, 1.54) is 12.1 Å². The lowest BCUT2D eigenvalue weighted by Gasteiger charge is -2.30. The molecule has 1 aromatic rings. The number of halogens is 3. The maximum absolute atomic E-state index is 13.5. The van der Waals surface area contributed by atoms with Gasteiger partial charge in [-0.25, -0.2) is 4.39 Å². The molecule has 4 heteroatoms. The second-order valence-corrected chi connectivity index (χ2v) is 5.61. The normalized spacial score (nSPS) is 19.3. The zero-order valence-electron chi connectivity index (χ0n) is 10.1. The van der Waals surface area contributed by atoms with Gasteiger partial charge >= 0.3 is 0 Å². The highest BCUT2D eigenvalue weighted by Gasteiger charge is 2.31. The first-order chi connectivity index (χ1) is 8.43. The Hall–Kier alpha value is -0.570. The quantitative estimate of drug-likeness (QED) is 0.610. The van der Waals surface area contributed by atoms with Crippen LogP contribution in [0, 0.1) is 5.82 Å². The van der Waals surface area contributed by atoms with E-state index in [-0.39, 0.29) is 10.0 Å². The number of hydrogen-bond donors (Lipinski definition) is 1. The number of hydrogen-bond acceptors (Lipinski definition) is 1. The smallest absolute Gasteiger partial charge is 0.142 e. The Morgan fingerprint density at radius 1 is 1.22 bits per heavy atom. The van der Waals surface area contributed by atoms with Gasteiger partial charge in [0.05, 0.1) is 5.02 Å². The topological polar surface area (TPSA) is 20.2 Å². The van der Waals surface area contributed by atoms with Crippen molar-refractivity contribution in [3.05, 3.63) is 45.2 Å². The minimum atomic E-state index is -1.23. The number of benzene rings is 1. The van der Waals surface area contributed by atoms with Gasteiger partial charge in [0.25, 0.3) is 0 Å². The van der Waals surface area contributed by atoms with Crippen molar-refractivity contribution < 1.29 is 9.50 Å². The molecular weight excluding hydrogens is 274 g/mol. The monoisotopic (exact) mass is 288 g/mol. The van der Waals surface area contributed by atoms with Crippen LogP contribution in [0.2, 0.25) is 10.0 Å². The fourth-order valence-electron chi connectivity index (χ4n) is 2.35. The maximum Gasteiger partial charge on any atom is 0.142 e. The van der Waals surface area contributed by atoms with Gasteiger partial charge in [-0.2, -0.15) is 0 Å². The van der Waals surface area contributed by atoms with Crippen LogP contribution < -0.4 is 0 Å².